The van der Waals surface area contributed by atoms with Crippen LogP contribution in [0.15, 0.2) is 12.7 Å². The van der Waals surface area contributed by atoms with Gasteiger partial charge in [0.2, 0.25) is 0 Å². The molecule has 0 bridgehead atoms. The first kappa shape index (κ1) is 5.83. The van der Waals surface area contributed by atoms with Crippen molar-refractivity contribution in [3.63, 3.8) is 0 Å². The molecule has 1 saturated heterocycles. The molecule has 1 nitrogen and oxygen atoms in total. The molecule has 0 aromatic carbocycles. The summed E-state index contributed by atoms with van der Waals surface area (Å²) in [6, 6.07) is 0. The normalized spacial score (nSPS) is 21.5. The molecule has 0 amide bonds. The second kappa shape index (κ2) is 2.88. The minimum absolute atomic E-state index is 1.08. The number of nitrogens with zero attached hydrogens (tertiary/aromatic N) is 1. The number of rotatable bonds is 2. The molecular weight excluding hydrogens is 98.1 g/mol. The minimum Gasteiger partial charge on any atom is -0.166 e. The second-order valence-corrected chi connectivity index (χ2v) is 2.30. The summed E-state index contributed by atoms with van der Waals surface area (Å²) in [5.74, 6) is 0. The van der Waals surface area contributed by atoms with Crippen molar-refractivity contribution in [1.82, 2.24) is 4.90 Å². The van der Waals surface area contributed by atoms with E-state index in [9.17, 15) is 0 Å². The van der Waals surface area contributed by atoms with Gasteiger partial charge in [0.15, 0.2) is 0 Å². The van der Waals surface area contributed by atoms with Gasteiger partial charge < -0.3 is 0 Å². The monoisotopic (exact) mass is 111 g/mol. The lowest BCUT2D eigenvalue weighted by molar-refractivity contribution is 0.535. The first-order chi connectivity index (χ1) is 3.93. The van der Waals surface area contributed by atoms with Gasteiger partial charge in [-0.2, -0.15) is 4.90 Å². The highest BCUT2D eigenvalue weighted by molar-refractivity contribution is 4.80. The van der Waals surface area contributed by atoms with Crippen molar-refractivity contribution in [2.24, 2.45) is 0 Å². The highest BCUT2D eigenvalue weighted by Crippen LogP contribution is 2.02. The van der Waals surface area contributed by atoms with Crippen LogP contribution in [0.3, 0.4) is 0 Å². The third-order valence-corrected chi connectivity index (χ3v) is 1.59. The highest BCUT2D eigenvalue weighted by Gasteiger charge is 2.17. The van der Waals surface area contributed by atoms with E-state index in [2.05, 4.69) is 11.5 Å². The molecule has 1 aliphatic heterocycles. The summed E-state index contributed by atoms with van der Waals surface area (Å²) in [5, 5.41) is 0. The zero-order valence-electron chi connectivity index (χ0n) is 5.27. The predicted octanol–water partition coefficient (Wildman–Crippen LogP) is 1.11. The zero-order valence-corrected chi connectivity index (χ0v) is 5.27. The molecule has 1 heteroatoms. The van der Waals surface area contributed by atoms with E-state index in [-0.39, 0.29) is 0 Å². The molecule has 1 rings (SSSR count). The Hall–Kier alpha value is -0.300. The molecule has 1 aliphatic rings. The Kier molecular flexibility index (Phi) is 2.10. The van der Waals surface area contributed by atoms with Crippen molar-refractivity contribution < 1.29 is 0 Å². The summed E-state index contributed by atoms with van der Waals surface area (Å²) in [6.45, 7) is 7.33. The number of hydrogen-bond acceptors (Lipinski definition) is 1. The summed E-state index contributed by atoms with van der Waals surface area (Å²) >= 11 is 0. The Balaban J connectivity index is 2.14. The van der Waals surface area contributed by atoms with E-state index in [4.69, 9.17) is 0 Å². The van der Waals surface area contributed by atoms with Gasteiger partial charge >= 0.3 is 0 Å². The largest absolute Gasteiger partial charge is 0.166 e. The van der Waals surface area contributed by atoms with Gasteiger partial charge in [0.25, 0.3) is 0 Å². The van der Waals surface area contributed by atoms with Crippen LogP contribution in [0, 0.1) is 0 Å². The van der Waals surface area contributed by atoms with Crippen LogP contribution in [-0.2, 0) is 0 Å². The van der Waals surface area contributed by atoms with Crippen LogP contribution < -0.4 is 4.90 Å². The summed E-state index contributed by atoms with van der Waals surface area (Å²) in [4.78, 5) is 2.42. The van der Waals surface area contributed by atoms with Crippen LogP contribution in [0.2, 0.25) is 0 Å². The lowest BCUT2D eigenvalue weighted by atomic mass is 10.4. The van der Waals surface area contributed by atoms with Crippen molar-refractivity contribution >= 4 is 0 Å². The molecule has 1 heterocycles. The summed E-state index contributed by atoms with van der Waals surface area (Å²) in [6.07, 6.45) is 4.74. The Morgan fingerprint density at radius 3 is 2.50 bits per heavy atom. The Labute approximate surface area is 51.0 Å². The lowest BCUT2D eigenvalue weighted by Crippen LogP contribution is -2.25. The molecule has 0 unspecified atom stereocenters. The molecule has 0 saturated carbocycles. The Morgan fingerprint density at radius 1 is 1.38 bits per heavy atom. The lowest BCUT2D eigenvalue weighted by Gasteiger charge is -1.97. The Morgan fingerprint density at radius 2 is 2.00 bits per heavy atom. The Bertz CT molecular complexity index is 72.5. The van der Waals surface area contributed by atoms with Crippen molar-refractivity contribution in [3.05, 3.63) is 12.7 Å². The maximum Gasteiger partial charge on any atom is 0.141 e. The molecule has 1 fully saturated rings. The average Bonchev–Trinajstić information content (AvgIpc) is 2.19. The summed E-state index contributed by atoms with van der Waals surface area (Å²) in [5.41, 5.74) is 0. The molecule has 0 spiro atoms. The van der Waals surface area contributed by atoms with Crippen LogP contribution in [-0.4, -0.2) is 19.6 Å². The standard InChI is InChI=1S/C7H13N/c1-2-5-8-6-3-4-7-8/h2H,1,3-7H2/q+1. The van der Waals surface area contributed by atoms with E-state index in [1.165, 1.54) is 25.9 Å². The smallest absolute Gasteiger partial charge is 0.141 e. The molecule has 0 atom stereocenters. The molecule has 45 valence electrons. The molecular formula is C7H13N+. The van der Waals surface area contributed by atoms with Crippen molar-refractivity contribution in [3.8, 4) is 0 Å². The first-order valence-corrected chi connectivity index (χ1v) is 3.27. The molecule has 0 N–H and O–H groups in total. The fraction of sp³-hybridized carbons (Fsp3) is 0.714. The second-order valence-electron chi connectivity index (χ2n) is 2.30. The van der Waals surface area contributed by atoms with Gasteiger partial charge in [-0.25, -0.2) is 0 Å². The van der Waals surface area contributed by atoms with E-state index in [1.807, 2.05) is 6.08 Å². The average molecular weight is 111 g/mol. The summed E-state index contributed by atoms with van der Waals surface area (Å²) < 4.78 is 0. The topological polar surface area (TPSA) is 5.90 Å². The van der Waals surface area contributed by atoms with E-state index in [1.54, 1.807) is 0 Å². The van der Waals surface area contributed by atoms with E-state index in [0.29, 0.717) is 0 Å². The van der Waals surface area contributed by atoms with E-state index in [0.717, 1.165) is 6.54 Å². The van der Waals surface area contributed by atoms with Crippen molar-refractivity contribution in [2.45, 2.75) is 12.8 Å². The van der Waals surface area contributed by atoms with Gasteiger partial charge in [0.1, 0.15) is 19.6 Å². The molecule has 8 heavy (non-hydrogen) atoms. The first-order valence-electron chi connectivity index (χ1n) is 3.27. The quantitative estimate of drug-likeness (QED) is 0.372. The highest BCUT2D eigenvalue weighted by atomic mass is 15.1. The van der Waals surface area contributed by atoms with Gasteiger partial charge in [-0.05, 0) is 6.08 Å². The van der Waals surface area contributed by atoms with Crippen LogP contribution in [0.1, 0.15) is 12.8 Å². The zero-order chi connectivity index (χ0) is 5.82. The molecule has 1 radical (unpaired) electrons. The molecule has 0 aromatic heterocycles. The van der Waals surface area contributed by atoms with Gasteiger partial charge in [-0.3, -0.25) is 0 Å². The van der Waals surface area contributed by atoms with E-state index >= 15 is 0 Å². The fourth-order valence-electron chi connectivity index (χ4n) is 1.15. The molecule has 0 aliphatic carbocycles. The SMILES string of the molecule is C=CC[N+]1CCCC1. The van der Waals surface area contributed by atoms with Crippen LogP contribution in [0.4, 0.5) is 0 Å². The third kappa shape index (κ3) is 1.34. The number of likely N-dealkylation sites (tertiary alicyclic amines) is 1. The van der Waals surface area contributed by atoms with Gasteiger partial charge in [-0.15, -0.1) is 0 Å². The minimum atomic E-state index is 1.08. The van der Waals surface area contributed by atoms with Crippen LogP contribution >= 0.6 is 0 Å². The fourth-order valence-corrected chi connectivity index (χ4v) is 1.15. The van der Waals surface area contributed by atoms with Crippen molar-refractivity contribution in [1.29, 1.82) is 0 Å². The van der Waals surface area contributed by atoms with Crippen LogP contribution in [0.5, 0.6) is 0 Å². The van der Waals surface area contributed by atoms with Gasteiger partial charge in [0.05, 0.1) is 0 Å². The predicted molar refractivity (Wildman–Crippen MR) is 36.2 cm³/mol. The summed E-state index contributed by atoms with van der Waals surface area (Å²) in [7, 11) is 0. The van der Waals surface area contributed by atoms with E-state index < -0.39 is 0 Å². The van der Waals surface area contributed by atoms with Crippen molar-refractivity contribution in [2.75, 3.05) is 19.6 Å². The maximum atomic E-state index is 3.68. The van der Waals surface area contributed by atoms with Crippen LogP contribution in [0.25, 0.3) is 0 Å². The number of hydrogen-bond donors (Lipinski definition) is 0. The molecule has 0 aromatic rings. The van der Waals surface area contributed by atoms with Gasteiger partial charge in [0, 0.05) is 12.8 Å². The maximum absolute atomic E-state index is 3.68. The third-order valence-electron chi connectivity index (χ3n) is 1.59. The van der Waals surface area contributed by atoms with Gasteiger partial charge in [-0.1, -0.05) is 6.58 Å².